The second kappa shape index (κ2) is 9.16. The third-order valence-electron chi connectivity index (χ3n) is 5.91. The van der Waals surface area contributed by atoms with Gasteiger partial charge in [0.05, 0.1) is 0 Å². The number of hydrogen-bond acceptors (Lipinski definition) is 2. The van der Waals surface area contributed by atoms with Crippen LogP contribution in [0.15, 0.2) is 11.5 Å². The molecule has 4 heteroatoms. The molecule has 0 N–H and O–H groups in total. The van der Waals surface area contributed by atoms with Gasteiger partial charge in [-0.1, -0.05) is 41.5 Å². The minimum atomic E-state index is -1.57. The van der Waals surface area contributed by atoms with Gasteiger partial charge in [-0.15, -0.1) is 0 Å². The molecule has 130 valence electrons. The van der Waals surface area contributed by atoms with Crippen molar-refractivity contribution in [1.82, 2.24) is 0 Å². The fourth-order valence-corrected chi connectivity index (χ4v) is 8.86. The Kier molecular flexibility index (Phi) is 8.25. The number of hydrogen-bond donors (Lipinski definition) is 0. The summed E-state index contributed by atoms with van der Waals surface area (Å²) in [6.07, 6.45) is 4.74. The van der Waals surface area contributed by atoms with Crippen molar-refractivity contribution in [2.24, 2.45) is 0 Å². The van der Waals surface area contributed by atoms with Gasteiger partial charge >= 0.3 is 0 Å². The van der Waals surface area contributed by atoms with Crippen LogP contribution in [0.4, 0.5) is 0 Å². The molecule has 0 saturated heterocycles. The largest absolute Gasteiger partial charge is 0.544 e. The summed E-state index contributed by atoms with van der Waals surface area (Å²) >= 11 is 0. The van der Waals surface area contributed by atoms with Gasteiger partial charge in [0.2, 0.25) is 16.6 Å². The van der Waals surface area contributed by atoms with E-state index in [9.17, 15) is 0 Å². The molecule has 0 aliphatic heterocycles. The minimum absolute atomic E-state index is 1.10. The van der Waals surface area contributed by atoms with Crippen molar-refractivity contribution in [3.05, 3.63) is 11.5 Å². The van der Waals surface area contributed by atoms with Gasteiger partial charge in [0.1, 0.15) is 11.5 Å². The first-order chi connectivity index (χ1) is 10.5. The minimum Gasteiger partial charge on any atom is -0.544 e. The van der Waals surface area contributed by atoms with Crippen LogP contribution in [-0.4, -0.2) is 16.6 Å². The van der Waals surface area contributed by atoms with Crippen molar-refractivity contribution in [1.29, 1.82) is 0 Å². The van der Waals surface area contributed by atoms with Crippen molar-refractivity contribution in [2.75, 3.05) is 0 Å². The predicted octanol–water partition coefficient (Wildman–Crippen LogP) is 6.82. The van der Waals surface area contributed by atoms with Crippen LogP contribution in [0.5, 0.6) is 0 Å². The maximum atomic E-state index is 6.73. The molecule has 0 fully saturated rings. The number of allylic oxidation sites excluding steroid dienone is 2. The first kappa shape index (κ1) is 19.8. The zero-order valence-corrected chi connectivity index (χ0v) is 17.9. The van der Waals surface area contributed by atoms with Crippen molar-refractivity contribution >= 4 is 16.6 Å². The van der Waals surface area contributed by atoms with Crippen LogP contribution >= 0.6 is 0 Å². The fraction of sp³-hybridized carbons (Fsp3) is 0.889. The molecule has 2 nitrogen and oxygen atoms in total. The van der Waals surface area contributed by atoms with Crippen LogP contribution in [0, 0.1) is 0 Å². The summed E-state index contributed by atoms with van der Waals surface area (Å²) in [7, 11) is -3.15. The summed E-state index contributed by atoms with van der Waals surface area (Å²) in [5.74, 6) is 2.49. The Morgan fingerprint density at radius 3 is 1.09 bits per heavy atom. The lowest BCUT2D eigenvalue weighted by Gasteiger charge is -2.37. The Morgan fingerprint density at radius 2 is 0.864 bits per heavy atom. The molecular formula is C18H38O2Si2. The molecule has 0 unspecified atom stereocenters. The SMILES string of the molecule is CC[Si](CC)(CC)OC1=C(O[Si](CC)(CC)CC)CCCC1. The Morgan fingerprint density at radius 1 is 0.591 bits per heavy atom. The average Bonchev–Trinajstić information content (AvgIpc) is 2.59. The summed E-state index contributed by atoms with van der Waals surface area (Å²) in [6.45, 7) is 13.9. The maximum Gasteiger partial charge on any atom is 0.250 e. The third-order valence-corrected chi connectivity index (χ3v) is 15.0. The van der Waals surface area contributed by atoms with Gasteiger partial charge in [0.25, 0.3) is 0 Å². The highest BCUT2D eigenvalue weighted by Crippen LogP contribution is 2.36. The van der Waals surface area contributed by atoms with Crippen LogP contribution in [0.3, 0.4) is 0 Å². The fourth-order valence-electron chi connectivity index (χ4n) is 3.52. The molecule has 0 saturated carbocycles. The molecule has 0 aromatic rings. The summed E-state index contributed by atoms with van der Waals surface area (Å²) in [5, 5.41) is 0. The molecule has 0 heterocycles. The van der Waals surface area contributed by atoms with E-state index in [0.29, 0.717) is 0 Å². The highest BCUT2D eigenvalue weighted by Gasteiger charge is 2.36. The maximum absolute atomic E-state index is 6.73. The van der Waals surface area contributed by atoms with E-state index in [4.69, 9.17) is 8.85 Å². The van der Waals surface area contributed by atoms with E-state index in [2.05, 4.69) is 41.5 Å². The van der Waals surface area contributed by atoms with E-state index in [1.807, 2.05) is 0 Å². The van der Waals surface area contributed by atoms with Crippen molar-refractivity contribution in [3.63, 3.8) is 0 Å². The molecule has 0 amide bonds. The smallest absolute Gasteiger partial charge is 0.250 e. The molecule has 0 atom stereocenters. The van der Waals surface area contributed by atoms with Crippen molar-refractivity contribution in [3.8, 4) is 0 Å². The molecule has 0 bridgehead atoms. The highest BCUT2D eigenvalue weighted by atomic mass is 28.4. The van der Waals surface area contributed by atoms with E-state index >= 15 is 0 Å². The van der Waals surface area contributed by atoms with Crippen molar-refractivity contribution in [2.45, 2.75) is 103 Å². The van der Waals surface area contributed by atoms with Crippen LogP contribution < -0.4 is 0 Å². The van der Waals surface area contributed by atoms with Gasteiger partial charge in [0, 0.05) is 12.8 Å². The molecule has 1 aliphatic carbocycles. The standard InChI is InChI=1S/C18H38O2Si2/c1-7-21(8-2,9-3)19-17-15-13-14-16-18(17)20-22(10-4,11-5)12-6/h7-16H2,1-6H3. The quantitative estimate of drug-likeness (QED) is 0.406. The first-order valence-electron chi connectivity index (χ1n) is 9.64. The van der Waals surface area contributed by atoms with Gasteiger partial charge in [-0.2, -0.15) is 0 Å². The number of rotatable bonds is 10. The Hall–Kier alpha value is -0.226. The van der Waals surface area contributed by atoms with Gasteiger partial charge in [-0.05, 0) is 49.1 Å². The molecule has 0 aromatic carbocycles. The van der Waals surface area contributed by atoms with Crippen molar-refractivity contribution < 1.29 is 8.85 Å². The lowest BCUT2D eigenvalue weighted by Crippen LogP contribution is -2.38. The van der Waals surface area contributed by atoms with Gasteiger partial charge in [-0.3, -0.25) is 0 Å². The average molecular weight is 343 g/mol. The first-order valence-corrected chi connectivity index (χ1v) is 14.7. The second-order valence-corrected chi connectivity index (χ2v) is 16.1. The van der Waals surface area contributed by atoms with E-state index in [1.54, 1.807) is 0 Å². The molecule has 1 rings (SSSR count). The summed E-state index contributed by atoms with van der Waals surface area (Å²) in [5.41, 5.74) is 0. The van der Waals surface area contributed by atoms with E-state index in [-0.39, 0.29) is 0 Å². The normalized spacial score (nSPS) is 16.8. The molecule has 0 aromatic heterocycles. The topological polar surface area (TPSA) is 18.5 Å². The summed E-state index contributed by atoms with van der Waals surface area (Å²) < 4.78 is 13.5. The molecule has 0 radical (unpaired) electrons. The zero-order chi connectivity index (χ0) is 16.6. The van der Waals surface area contributed by atoms with E-state index in [0.717, 1.165) is 12.8 Å². The molecule has 22 heavy (non-hydrogen) atoms. The van der Waals surface area contributed by atoms with Crippen LogP contribution in [-0.2, 0) is 8.85 Å². The highest BCUT2D eigenvalue weighted by molar-refractivity contribution is 6.74. The monoisotopic (exact) mass is 342 g/mol. The third kappa shape index (κ3) is 4.64. The van der Waals surface area contributed by atoms with Crippen LogP contribution in [0.1, 0.15) is 67.2 Å². The summed E-state index contributed by atoms with van der Waals surface area (Å²) in [6, 6.07) is 7.30. The van der Waals surface area contributed by atoms with Gasteiger partial charge in [0.15, 0.2) is 0 Å². The van der Waals surface area contributed by atoms with E-state index in [1.165, 1.54) is 60.6 Å². The molecule has 0 spiro atoms. The second-order valence-electron chi connectivity index (χ2n) is 6.74. The summed E-state index contributed by atoms with van der Waals surface area (Å²) in [4.78, 5) is 0. The molecule has 1 aliphatic rings. The van der Waals surface area contributed by atoms with Gasteiger partial charge in [-0.25, -0.2) is 0 Å². The van der Waals surface area contributed by atoms with Gasteiger partial charge < -0.3 is 8.85 Å². The predicted molar refractivity (Wildman–Crippen MR) is 102 cm³/mol. The van der Waals surface area contributed by atoms with E-state index < -0.39 is 16.6 Å². The lowest BCUT2D eigenvalue weighted by molar-refractivity contribution is 0.281. The van der Waals surface area contributed by atoms with Crippen LogP contribution in [0.2, 0.25) is 36.3 Å². The Bertz CT molecular complexity index is 308. The van der Waals surface area contributed by atoms with Crippen LogP contribution in [0.25, 0.3) is 0 Å². The Labute approximate surface area is 140 Å². The zero-order valence-electron chi connectivity index (χ0n) is 15.9. The lowest BCUT2D eigenvalue weighted by atomic mass is 10.1. The molecular weight excluding hydrogens is 304 g/mol. The Balaban J connectivity index is 3.02.